The highest BCUT2D eigenvalue weighted by molar-refractivity contribution is 8.04. The lowest BCUT2D eigenvalue weighted by Gasteiger charge is -2.43. The third-order valence-electron chi connectivity index (χ3n) is 4.07. The summed E-state index contributed by atoms with van der Waals surface area (Å²) in [7, 11) is 0. The predicted molar refractivity (Wildman–Crippen MR) is 80.6 cm³/mol. The van der Waals surface area contributed by atoms with Gasteiger partial charge in [0.1, 0.15) is 17.7 Å². The van der Waals surface area contributed by atoms with Crippen molar-refractivity contribution in [2.75, 3.05) is 13.2 Å². The molecule has 6 nitrogen and oxygen atoms in total. The number of aliphatic hydroxyl groups is 1. The second-order valence-electron chi connectivity index (χ2n) is 5.58. The molecule has 0 aromatic heterocycles. The Morgan fingerprint density at radius 2 is 2.45 bits per heavy atom. The molecular weight excluding hydrogens is 306 g/mol. The zero-order valence-corrected chi connectivity index (χ0v) is 13.2. The molecule has 0 aliphatic carbocycles. The van der Waals surface area contributed by atoms with Crippen LogP contribution in [-0.4, -0.2) is 52.7 Å². The maximum absolute atomic E-state index is 12.3. The van der Waals surface area contributed by atoms with Crippen LogP contribution in [0, 0.1) is 5.92 Å². The Hall–Kier alpha value is -1.31. The van der Waals surface area contributed by atoms with Gasteiger partial charge in [0, 0.05) is 11.5 Å². The van der Waals surface area contributed by atoms with Crippen molar-refractivity contribution in [3.05, 3.63) is 23.3 Å². The maximum atomic E-state index is 12.3. The molecule has 2 fully saturated rings. The highest BCUT2D eigenvalue weighted by atomic mass is 32.2. The van der Waals surface area contributed by atoms with Crippen molar-refractivity contribution in [3.8, 4) is 0 Å². The van der Waals surface area contributed by atoms with Crippen molar-refractivity contribution >= 4 is 23.6 Å². The summed E-state index contributed by atoms with van der Waals surface area (Å²) in [6, 6.07) is 0. The zero-order valence-electron chi connectivity index (χ0n) is 12.4. The van der Waals surface area contributed by atoms with E-state index in [1.807, 2.05) is 0 Å². The van der Waals surface area contributed by atoms with Crippen LogP contribution in [0.5, 0.6) is 0 Å². The molecule has 22 heavy (non-hydrogen) atoms. The molecule has 0 aromatic carbocycles. The smallest absolute Gasteiger partial charge is 0.356 e. The van der Waals surface area contributed by atoms with Crippen LogP contribution in [0.15, 0.2) is 23.3 Å². The van der Waals surface area contributed by atoms with E-state index in [9.17, 15) is 14.7 Å². The van der Waals surface area contributed by atoms with Crippen molar-refractivity contribution in [3.63, 3.8) is 0 Å². The number of hydrogen-bond donors (Lipinski definition) is 1. The molecule has 3 aliphatic rings. The van der Waals surface area contributed by atoms with Crippen LogP contribution in [0.4, 0.5) is 0 Å². The van der Waals surface area contributed by atoms with Gasteiger partial charge in [0.05, 0.1) is 18.1 Å². The summed E-state index contributed by atoms with van der Waals surface area (Å²) < 4.78 is 10.8. The highest BCUT2D eigenvalue weighted by Crippen LogP contribution is 2.52. The summed E-state index contributed by atoms with van der Waals surface area (Å²) in [5.74, 6) is -1.24. The summed E-state index contributed by atoms with van der Waals surface area (Å²) in [6.07, 6.45) is 2.34. The Morgan fingerprint density at radius 3 is 3.05 bits per heavy atom. The molecule has 0 unspecified atom stereocenters. The average Bonchev–Trinajstić information content (AvgIpc) is 3.09. The van der Waals surface area contributed by atoms with E-state index in [1.165, 1.54) is 22.7 Å². The normalized spacial score (nSPS) is 31.8. The third kappa shape index (κ3) is 2.37. The summed E-state index contributed by atoms with van der Waals surface area (Å²) in [5.41, 5.74) is 0.283. The van der Waals surface area contributed by atoms with E-state index in [1.54, 1.807) is 6.92 Å². The molecule has 1 amide bonds. The number of ether oxygens (including phenoxy) is 2. The largest absolute Gasteiger partial charge is 0.457 e. The standard InChI is InChI=1S/C15H19NO5S/c1-3-6-21-15(19)11-12(9-5-4-7-20-9)22-14-10(8(2)17)13(18)16(11)14/h3,8-10,14,17H,1,4-7H2,2H3/t8-,9-,10-,14-/m1/s1. The molecule has 0 bridgehead atoms. The van der Waals surface area contributed by atoms with Gasteiger partial charge in [-0.1, -0.05) is 24.4 Å². The number of carbonyl (C=O) groups excluding carboxylic acids is 2. The third-order valence-corrected chi connectivity index (χ3v) is 5.53. The minimum absolute atomic E-state index is 0.0956. The quantitative estimate of drug-likeness (QED) is 0.462. The lowest BCUT2D eigenvalue weighted by Crippen LogP contribution is -2.60. The molecule has 120 valence electrons. The summed E-state index contributed by atoms with van der Waals surface area (Å²) in [5, 5.41) is 9.53. The van der Waals surface area contributed by atoms with E-state index in [4.69, 9.17) is 9.47 Å². The van der Waals surface area contributed by atoms with Crippen molar-refractivity contribution < 1.29 is 24.2 Å². The fourth-order valence-electron chi connectivity index (χ4n) is 3.01. The molecule has 0 radical (unpaired) electrons. The first-order valence-corrected chi connectivity index (χ1v) is 8.25. The topological polar surface area (TPSA) is 76.1 Å². The first-order chi connectivity index (χ1) is 10.6. The maximum Gasteiger partial charge on any atom is 0.356 e. The molecule has 3 aliphatic heterocycles. The van der Waals surface area contributed by atoms with E-state index < -0.39 is 18.0 Å². The van der Waals surface area contributed by atoms with Gasteiger partial charge in [-0.2, -0.15) is 0 Å². The Labute approximate surface area is 133 Å². The number of esters is 1. The van der Waals surface area contributed by atoms with Gasteiger partial charge in [-0.3, -0.25) is 9.69 Å². The number of nitrogens with zero attached hydrogens (tertiary/aromatic N) is 1. The first kappa shape index (κ1) is 15.6. The van der Waals surface area contributed by atoms with Gasteiger partial charge in [-0.15, -0.1) is 0 Å². The van der Waals surface area contributed by atoms with E-state index in [0.717, 1.165) is 17.7 Å². The van der Waals surface area contributed by atoms with Crippen molar-refractivity contribution in [1.29, 1.82) is 0 Å². The number of rotatable bonds is 5. The van der Waals surface area contributed by atoms with Crippen LogP contribution in [0.3, 0.4) is 0 Å². The van der Waals surface area contributed by atoms with Crippen LogP contribution in [0.25, 0.3) is 0 Å². The van der Waals surface area contributed by atoms with Crippen LogP contribution in [0.2, 0.25) is 0 Å². The lowest BCUT2D eigenvalue weighted by molar-refractivity contribution is -0.158. The van der Waals surface area contributed by atoms with Gasteiger partial charge in [0.25, 0.3) is 0 Å². The van der Waals surface area contributed by atoms with E-state index in [-0.39, 0.29) is 29.7 Å². The molecule has 3 rings (SSSR count). The van der Waals surface area contributed by atoms with Crippen LogP contribution in [-0.2, 0) is 19.1 Å². The Bertz CT molecular complexity index is 538. The summed E-state index contributed by atoms with van der Waals surface area (Å²) in [4.78, 5) is 26.8. The Balaban J connectivity index is 1.88. The minimum Gasteiger partial charge on any atom is -0.457 e. The molecular formula is C15H19NO5S. The molecule has 0 spiro atoms. The van der Waals surface area contributed by atoms with Crippen molar-refractivity contribution in [2.24, 2.45) is 5.92 Å². The average molecular weight is 325 g/mol. The number of thioether (sulfide) groups is 1. The molecule has 0 aromatic rings. The molecule has 2 saturated heterocycles. The highest BCUT2D eigenvalue weighted by Gasteiger charge is 2.58. The van der Waals surface area contributed by atoms with Gasteiger partial charge < -0.3 is 14.6 Å². The van der Waals surface area contributed by atoms with Crippen LogP contribution >= 0.6 is 11.8 Å². The van der Waals surface area contributed by atoms with E-state index in [0.29, 0.717) is 6.61 Å². The monoisotopic (exact) mass is 325 g/mol. The second kappa shape index (κ2) is 6.06. The second-order valence-corrected chi connectivity index (χ2v) is 6.74. The van der Waals surface area contributed by atoms with Gasteiger partial charge in [-0.25, -0.2) is 4.79 Å². The fraction of sp³-hybridized carbons (Fsp3) is 0.600. The number of carbonyl (C=O) groups is 2. The Morgan fingerprint density at radius 1 is 1.68 bits per heavy atom. The fourth-order valence-corrected chi connectivity index (χ4v) is 4.71. The molecule has 0 saturated carbocycles. The molecule has 7 heteroatoms. The summed E-state index contributed by atoms with van der Waals surface area (Å²) >= 11 is 1.44. The number of aliphatic hydroxyl groups excluding tert-OH is 1. The molecule has 4 atom stereocenters. The number of amides is 1. The Kier molecular flexibility index (Phi) is 4.29. The zero-order chi connectivity index (χ0) is 15.9. The number of fused-ring (bicyclic) bond motifs is 1. The number of β-lactam (4-membered cyclic amide) rings is 1. The van der Waals surface area contributed by atoms with Gasteiger partial charge in [-0.05, 0) is 19.8 Å². The van der Waals surface area contributed by atoms with E-state index in [2.05, 4.69) is 6.58 Å². The SMILES string of the molecule is C=CCOC(=O)C1=C([C@H]2CCCO2)S[C@@H]2[C@H]([C@@H](C)O)C(=O)N12. The van der Waals surface area contributed by atoms with Gasteiger partial charge in [0.15, 0.2) is 0 Å². The summed E-state index contributed by atoms with van der Waals surface area (Å²) in [6.45, 7) is 5.87. The van der Waals surface area contributed by atoms with Crippen LogP contribution in [0.1, 0.15) is 19.8 Å². The van der Waals surface area contributed by atoms with Crippen LogP contribution < -0.4 is 0 Å². The van der Waals surface area contributed by atoms with Gasteiger partial charge >= 0.3 is 5.97 Å². The molecule has 3 heterocycles. The van der Waals surface area contributed by atoms with E-state index >= 15 is 0 Å². The first-order valence-electron chi connectivity index (χ1n) is 7.37. The minimum atomic E-state index is -0.740. The lowest BCUT2D eigenvalue weighted by atomic mass is 9.92. The molecule has 1 N–H and O–H groups in total. The van der Waals surface area contributed by atoms with Crippen molar-refractivity contribution in [1.82, 2.24) is 4.90 Å². The van der Waals surface area contributed by atoms with Gasteiger partial charge in [0.2, 0.25) is 5.91 Å². The predicted octanol–water partition coefficient (Wildman–Crippen LogP) is 1.02. The number of hydrogen-bond acceptors (Lipinski definition) is 6. The van der Waals surface area contributed by atoms with Crippen molar-refractivity contribution in [2.45, 2.75) is 37.3 Å².